The molecule has 1 amide bonds. The van der Waals surface area contributed by atoms with Gasteiger partial charge in [-0.3, -0.25) is 4.90 Å². The van der Waals surface area contributed by atoms with E-state index in [9.17, 15) is 15.2 Å². The fraction of sp³-hybridized carbons (Fsp3) is 0.515. The molecule has 2 aromatic carbocycles. The number of carbonyl (C=O) groups is 1. The highest BCUT2D eigenvalue weighted by Gasteiger charge is 2.49. The zero-order valence-electron chi connectivity index (χ0n) is 25.2. The first kappa shape index (κ1) is 28.5. The van der Waals surface area contributed by atoms with Gasteiger partial charge >= 0.3 is 12.1 Å². The third-order valence-corrected chi connectivity index (χ3v) is 9.84. The average Bonchev–Trinajstić information content (AvgIpc) is 3.63. The molecule has 1 saturated carbocycles. The van der Waals surface area contributed by atoms with E-state index in [0.29, 0.717) is 38.8 Å². The summed E-state index contributed by atoms with van der Waals surface area (Å²) >= 11 is 0. The molecule has 3 aromatic rings. The minimum absolute atomic E-state index is 0.0898. The summed E-state index contributed by atoms with van der Waals surface area (Å²) in [7, 11) is 1.70. The number of methoxy groups -OCH3 is 1. The minimum Gasteiger partial charge on any atom is -0.497 e. The monoisotopic (exact) mass is 597 g/mol. The second kappa shape index (κ2) is 11.7. The first-order valence-electron chi connectivity index (χ1n) is 15.7. The van der Waals surface area contributed by atoms with E-state index in [2.05, 4.69) is 51.1 Å². The normalized spacial score (nSPS) is 21.2. The Morgan fingerprint density at radius 3 is 2.66 bits per heavy atom. The first-order chi connectivity index (χ1) is 21.5. The van der Waals surface area contributed by atoms with E-state index in [4.69, 9.17) is 19.4 Å². The third-order valence-electron chi connectivity index (χ3n) is 9.84. The maximum atomic E-state index is 11.9. The zero-order chi connectivity index (χ0) is 30.3. The van der Waals surface area contributed by atoms with Crippen molar-refractivity contribution >= 4 is 28.4 Å². The van der Waals surface area contributed by atoms with Gasteiger partial charge < -0.3 is 29.3 Å². The SMILES string of the molecule is COc1cc(N2CCc3c(nc(OCC4(N5CCCC5)CC4)nc3N3CCN(C(=O)O)C(CC#N)C3)C2)c2ccccc2c1. The van der Waals surface area contributed by atoms with Crippen LogP contribution in [0.4, 0.5) is 16.3 Å². The summed E-state index contributed by atoms with van der Waals surface area (Å²) in [5, 5.41) is 21.5. The van der Waals surface area contributed by atoms with Crippen LogP contribution in [-0.2, 0) is 13.0 Å². The van der Waals surface area contributed by atoms with Crippen LogP contribution in [0.1, 0.15) is 43.4 Å². The van der Waals surface area contributed by atoms with Crippen molar-refractivity contribution in [3.8, 4) is 17.8 Å². The molecule has 11 heteroatoms. The number of nitriles is 1. The fourth-order valence-electron chi connectivity index (χ4n) is 7.23. The summed E-state index contributed by atoms with van der Waals surface area (Å²) < 4.78 is 12.1. The number of fused-ring (bicyclic) bond motifs is 2. The number of rotatable bonds is 8. The van der Waals surface area contributed by atoms with E-state index < -0.39 is 12.1 Å². The highest BCUT2D eigenvalue weighted by molar-refractivity contribution is 5.95. The van der Waals surface area contributed by atoms with Crippen LogP contribution >= 0.6 is 0 Å². The molecule has 4 heterocycles. The summed E-state index contributed by atoms with van der Waals surface area (Å²) in [5.41, 5.74) is 3.18. The maximum absolute atomic E-state index is 11.9. The molecule has 1 aliphatic carbocycles. The predicted molar refractivity (Wildman–Crippen MR) is 167 cm³/mol. The van der Waals surface area contributed by atoms with Crippen molar-refractivity contribution in [2.75, 3.05) is 62.8 Å². The molecule has 1 atom stereocenters. The molecule has 2 saturated heterocycles. The molecule has 0 radical (unpaired) electrons. The van der Waals surface area contributed by atoms with Gasteiger partial charge in [-0.2, -0.15) is 15.2 Å². The molecule has 230 valence electrons. The predicted octanol–water partition coefficient (Wildman–Crippen LogP) is 4.29. The molecular weight excluding hydrogens is 558 g/mol. The van der Waals surface area contributed by atoms with Gasteiger partial charge in [0.25, 0.3) is 0 Å². The number of anilines is 2. The molecule has 1 N–H and O–H groups in total. The van der Waals surface area contributed by atoms with Crippen molar-refractivity contribution in [1.82, 2.24) is 19.8 Å². The quantitative estimate of drug-likeness (QED) is 0.403. The number of ether oxygens (including phenoxy) is 2. The van der Waals surface area contributed by atoms with Crippen molar-refractivity contribution in [1.29, 1.82) is 5.26 Å². The Labute approximate surface area is 257 Å². The van der Waals surface area contributed by atoms with Crippen LogP contribution in [0.15, 0.2) is 36.4 Å². The lowest BCUT2D eigenvalue weighted by molar-refractivity contribution is 0.118. The number of carboxylic acid groups (broad SMARTS) is 1. The maximum Gasteiger partial charge on any atom is 0.407 e. The smallest absolute Gasteiger partial charge is 0.407 e. The molecule has 44 heavy (non-hydrogen) atoms. The van der Waals surface area contributed by atoms with Gasteiger partial charge in [0.1, 0.15) is 18.2 Å². The number of piperazine rings is 1. The van der Waals surface area contributed by atoms with Crippen LogP contribution in [0.5, 0.6) is 11.8 Å². The Balaban J connectivity index is 1.22. The van der Waals surface area contributed by atoms with Gasteiger partial charge in [-0.15, -0.1) is 0 Å². The number of hydrogen-bond donors (Lipinski definition) is 1. The Morgan fingerprint density at radius 1 is 1.09 bits per heavy atom. The number of amides is 1. The first-order valence-corrected chi connectivity index (χ1v) is 15.7. The molecule has 4 aliphatic rings. The van der Waals surface area contributed by atoms with Crippen LogP contribution in [0, 0.1) is 11.3 Å². The number of aromatic nitrogens is 2. The van der Waals surface area contributed by atoms with Crippen molar-refractivity contribution < 1.29 is 19.4 Å². The number of nitrogens with zero attached hydrogens (tertiary/aromatic N) is 7. The van der Waals surface area contributed by atoms with Gasteiger partial charge in [-0.1, -0.05) is 24.3 Å². The lowest BCUT2D eigenvalue weighted by Gasteiger charge is -2.41. The molecule has 7 rings (SSSR count). The van der Waals surface area contributed by atoms with Crippen molar-refractivity contribution in [2.24, 2.45) is 0 Å². The Morgan fingerprint density at radius 2 is 1.91 bits per heavy atom. The van der Waals surface area contributed by atoms with E-state index in [0.717, 1.165) is 78.2 Å². The molecule has 0 bridgehead atoms. The van der Waals surface area contributed by atoms with Gasteiger partial charge in [-0.05, 0) is 56.6 Å². The number of benzene rings is 2. The summed E-state index contributed by atoms with van der Waals surface area (Å²) in [5.74, 6) is 1.62. The van der Waals surface area contributed by atoms with E-state index in [1.165, 1.54) is 17.7 Å². The van der Waals surface area contributed by atoms with Crippen molar-refractivity contribution in [2.45, 2.75) is 56.7 Å². The summed E-state index contributed by atoms with van der Waals surface area (Å²) in [6.07, 6.45) is 4.62. The molecule has 3 fully saturated rings. The van der Waals surface area contributed by atoms with Gasteiger partial charge in [-0.25, -0.2) is 4.79 Å². The van der Waals surface area contributed by atoms with Crippen molar-refractivity contribution in [3.05, 3.63) is 47.7 Å². The van der Waals surface area contributed by atoms with E-state index in [1.54, 1.807) is 7.11 Å². The average molecular weight is 598 g/mol. The number of likely N-dealkylation sites (tertiary alicyclic amines) is 1. The highest BCUT2D eigenvalue weighted by atomic mass is 16.5. The van der Waals surface area contributed by atoms with E-state index >= 15 is 0 Å². The van der Waals surface area contributed by atoms with Gasteiger partial charge in [0.2, 0.25) is 0 Å². The molecule has 1 aromatic heterocycles. The number of hydrogen-bond acceptors (Lipinski definition) is 9. The van der Waals surface area contributed by atoms with Crippen LogP contribution in [0.2, 0.25) is 0 Å². The van der Waals surface area contributed by atoms with E-state index in [1.807, 2.05) is 6.07 Å². The highest BCUT2D eigenvalue weighted by Crippen LogP contribution is 2.44. The van der Waals surface area contributed by atoms with Crippen molar-refractivity contribution in [3.63, 3.8) is 0 Å². The third kappa shape index (κ3) is 5.32. The van der Waals surface area contributed by atoms with Crippen LogP contribution < -0.4 is 19.3 Å². The largest absolute Gasteiger partial charge is 0.497 e. The van der Waals surface area contributed by atoms with Crippen LogP contribution in [-0.4, -0.2) is 95.5 Å². The molecular formula is C33H39N7O4. The molecule has 1 unspecified atom stereocenters. The van der Waals surface area contributed by atoms with E-state index in [-0.39, 0.29) is 12.0 Å². The Bertz CT molecular complexity index is 1600. The standard InChI is InChI=1S/C33H39N7O4/c1-43-25-18-23-6-2-3-7-26(23)29(19-25)37-15-9-27-28(21-37)35-31(44-22-33(10-11-33)39-13-4-5-14-39)36-30(27)38-16-17-40(32(41)42)24(20-38)8-12-34/h2-3,6-7,18-19,24H,4-5,8-11,13-17,20-22H2,1H3,(H,41,42). The Kier molecular flexibility index (Phi) is 7.54. The Hall–Kier alpha value is -4.30. The second-order valence-corrected chi connectivity index (χ2v) is 12.4. The molecule has 0 spiro atoms. The molecule has 3 aliphatic heterocycles. The lowest BCUT2D eigenvalue weighted by atomic mass is 10.0. The van der Waals surface area contributed by atoms with Crippen LogP contribution in [0.25, 0.3) is 10.8 Å². The second-order valence-electron chi connectivity index (χ2n) is 12.4. The summed E-state index contributed by atoms with van der Waals surface area (Å²) in [6, 6.07) is 14.6. The molecule has 11 nitrogen and oxygen atoms in total. The zero-order valence-corrected chi connectivity index (χ0v) is 25.2. The van der Waals surface area contributed by atoms with Gasteiger partial charge in [0.15, 0.2) is 0 Å². The lowest BCUT2D eigenvalue weighted by Crippen LogP contribution is -2.55. The summed E-state index contributed by atoms with van der Waals surface area (Å²) in [6.45, 7) is 5.40. The topological polar surface area (TPSA) is 118 Å². The minimum atomic E-state index is -0.989. The van der Waals surface area contributed by atoms with Gasteiger partial charge in [0.05, 0.1) is 43.4 Å². The fourth-order valence-corrected chi connectivity index (χ4v) is 7.23. The van der Waals surface area contributed by atoms with Gasteiger partial charge in [0, 0.05) is 48.9 Å². The van der Waals surface area contributed by atoms with Crippen LogP contribution in [0.3, 0.4) is 0 Å². The summed E-state index contributed by atoms with van der Waals surface area (Å²) in [4.78, 5) is 30.4.